The second-order valence-corrected chi connectivity index (χ2v) is 20.9. The Hall–Kier alpha value is -10.5. The van der Waals surface area contributed by atoms with Gasteiger partial charge in [-0.05, 0) is 108 Å². The van der Waals surface area contributed by atoms with Gasteiger partial charge in [-0.3, -0.25) is 0 Å². The van der Waals surface area contributed by atoms with Crippen LogP contribution in [0.3, 0.4) is 0 Å². The lowest BCUT2D eigenvalue weighted by Gasteiger charge is -2.13. The van der Waals surface area contributed by atoms with Gasteiger partial charge in [0.15, 0.2) is 17.5 Å². The quantitative estimate of drug-likeness (QED) is 0.159. The minimum atomic E-state index is 0.472. The summed E-state index contributed by atoms with van der Waals surface area (Å²) >= 11 is 1.83. The molecule has 0 radical (unpaired) electrons. The van der Waals surface area contributed by atoms with E-state index in [2.05, 4.69) is 250 Å². The molecule has 0 aliphatic rings. The molecule has 16 rings (SSSR count). The van der Waals surface area contributed by atoms with E-state index in [1.807, 2.05) is 29.5 Å². The third-order valence-corrected chi connectivity index (χ3v) is 16.7. The number of thiophene rings is 1. The highest BCUT2D eigenvalue weighted by molar-refractivity contribution is 7.25. The molecule has 78 heavy (non-hydrogen) atoms. The van der Waals surface area contributed by atoms with Crippen LogP contribution in [0.4, 0.5) is 0 Å². The predicted molar refractivity (Wildman–Crippen MR) is 322 cm³/mol. The highest BCUT2D eigenvalue weighted by atomic mass is 32.1. The monoisotopic (exact) mass is 1010 g/mol. The van der Waals surface area contributed by atoms with Crippen molar-refractivity contribution in [2.75, 3.05) is 0 Å². The topological polar surface area (TPSA) is 77.2 Å². The molecule has 0 aliphatic carbocycles. The molecule has 0 aliphatic heterocycles. The number of nitriles is 1. The Balaban J connectivity index is 0.888. The fourth-order valence-corrected chi connectivity index (χ4v) is 13.1. The minimum Gasteiger partial charge on any atom is -0.309 e. The fraction of sp³-hybridized carbons (Fsp3) is 0. The molecular formula is C70H41N7S. The number of aromatic nitrogens is 6. The average molecular weight is 1010 g/mol. The van der Waals surface area contributed by atoms with Crippen LogP contribution in [0.25, 0.3) is 148 Å². The number of nitrogens with zero attached hydrogens (tertiary/aromatic N) is 7. The molecule has 16 aromatic rings. The summed E-state index contributed by atoms with van der Waals surface area (Å²) in [4.78, 5) is 15.7. The van der Waals surface area contributed by atoms with Crippen molar-refractivity contribution in [3.8, 4) is 68.4 Å². The Morgan fingerprint density at radius 2 is 0.833 bits per heavy atom. The first kappa shape index (κ1) is 43.9. The van der Waals surface area contributed by atoms with Gasteiger partial charge in [0.2, 0.25) is 0 Å². The lowest BCUT2D eigenvalue weighted by Crippen LogP contribution is -2.02. The van der Waals surface area contributed by atoms with Gasteiger partial charge in [-0.15, -0.1) is 11.3 Å². The van der Waals surface area contributed by atoms with Crippen LogP contribution in [0.5, 0.6) is 0 Å². The van der Waals surface area contributed by atoms with E-state index in [0.717, 1.165) is 105 Å². The maximum atomic E-state index is 11.3. The fourth-order valence-electron chi connectivity index (χ4n) is 12.0. The molecule has 11 aromatic carbocycles. The van der Waals surface area contributed by atoms with Crippen molar-refractivity contribution in [1.29, 1.82) is 5.26 Å². The Labute approximate surface area is 451 Å². The van der Waals surface area contributed by atoms with E-state index < -0.39 is 0 Å². The van der Waals surface area contributed by atoms with E-state index in [0.29, 0.717) is 28.6 Å². The molecule has 0 saturated heterocycles. The predicted octanol–water partition coefficient (Wildman–Crippen LogP) is 18.1. The van der Waals surface area contributed by atoms with Crippen molar-refractivity contribution in [2.24, 2.45) is 0 Å². The van der Waals surface area contributed by atoms with Gasteiger partial charge < -0.3 is 13.7 Å². The Kier molecular flexibility index (Phi) is 9.73. The third-order valence-electron chi connectivity index (χ3n) is 15.5. The number of rotatable bonds is 7. The van der Waals surface area contributed by atoms with E-state index in [1.54, 1.807) is 0 Å². The van der Waals surface area contributed by atoms with Crippen LogP contribution in [-0.2, 0) is 0 Å². The largest absolute Gasteiger partial charge is 0.309 e. The number of hydrogen-bond acceptors (Lipinski definition) is 5. The minimum absolute atomic E-state index is 0.472. The lowest BCUT2D eigenvalue weighted by atomic mass is 10.0. The molecule has 5 heterocycles. The molecule has 0 amide bonds. The third kappa shape index (κ3) is 6.72. The maximum absolute atomic E-state index is 11.3. The number of benzene rings is 11. The summed E-state index contributed by atoms with van der Waals surface area (Å²) in [6.45, 7) is 0. The van der Waals surface area contributed by atoms with Crippen molar-refractivity contribution in [3.05, 3.63) is 254 Å². The van der Waals surface area contributed by atoms with Gasteiger partial charge in [0.05, 0.1) is 44.4 Å². The van der Waals surface area contributed by atoms with E-state index in [-0.39, 0.29) is 0 Å². The summed E-state index contributed by atoms with van der Waals surface area (Å²) in [6.07, 6.45) is 0. The van der Waals surface area contributed by atoms with E-state index in [4.69, 9.17) is 15.0 Å². The Morgan fingerprint density at radius 3 is 1.58 bits per heavy atom. The van der Waals surface area contributed by atoms with Gasteiger partial charge in [-0.2, -0.15) is 5.26 Å². The molecule has 0 saturated carbocycles. The Bertz CT molecular complexity index is 5150. The summed E-state index contributed by atoms with van der Waals surface area (Å²) in [6, 6.07) is 90.2. The summed E-state index contributed by atoms with van der Waals surface area (Å²) in [5.41, 5.74) is 14.6. The summed E-state index contributed by atoms with van der Waals surface area (Å²) in [5.74, 6) is 1.55. The van der Waals surface area contributed by atoms with Gasteiger partial charge in [0, 0.05) is 80.6 Å². The maximum Gasteiger partial charge on any atom is 0.164 e. The molecule has 7 nitrogen and oxygen atoms in total. The van der Waals surface area contributed by atoms with Crippen LogP contribution in [0.2, 0.25) is 0 Å². The van der Waals surface area contributed by atoms with E-state index in [9.17, 15) is 5.26 Å². The molecule has 362 valence electrons. The van der Waals surface area contributed by atoms with Gasteiger partial charge in [-0.25, -0.2) is 15.0 Å². The van der Waals surface area contributed by atoms with Gasteiger partial charge in [0.25, 0.3) is 0 Å². The van der Waals surface area contributed by atoms with Crippen LogP contribution in [-0.4, -0.2) is 28.7 Å². The molecule has 0 fully saturated rings. The molecule has 8 heteroatoms. The van der Waals surface area contributed by atoms with Crippen LogP contribution < -0.4 is 0 Å². The zero-order valence-corrected chi connectivity index (χ0v) is 42.5. The van der Waals surface area contributed by atoms with Gasteiger partial charge >= 0.3 is 0 Å². The number of para-hydroxylation sites is 4. The lowest BCUT2D eigenvalue weighted by molar-refractivity contribution is 1.07. The average Bonchev–Trinajstić information content (AvgIpc) is 4.46. The molecule has 0 spiro atoms. The zero-order valence-electron chi connectivity index (χ0n) is 41.7. The molecule has 5 aromatic heterocycles. The van der Waals surface area contributed by atoms with Crippen LogP contribution in [0.15, 0.2) is 249 Å². The van der Waals surface area contributed by atoms with Gasteiger partial charge in [-0.1, -0.05) is 152 Å². The summed E-state index contributed by atoms with van der Waals surface area (Å²) in [7, 11) is 0. The van der Waals surface area contributed by atoms with E-state index in [1.165, 1.54) is 20.2 Å². The molecular weight excluding hydrogens is 971 g/mol. The molecule has 0 atom stereocenters. The number of hydrogen-bond donors (Lipinski definition) is 0. The second kappa shape index (κ2) is 17.3. The highest BCUT2D eigenvalue weighted by Gasteiger charge is 2.24. The first-order valence-corrected chi connectivity index (χ1v) is 26.9. The smallest absolute Gasteiger partial charge is 0.164 e. The van der Waals surface area contributed by atoms with Crippen molar-refractivity contribution in [2.45, 2.75) is 0 Å². The standard InChI is InChI=1S/C70H41N7S/c71-42-48-39-46(69-72-68(45-29-27-44(28-30-45)43-15-3-1-4-16-43)73-70(74-69)47-32-36-62-56(40-47)52-20-8-11-23-59(52)75(62)49-17-5-2-6-18-49)31-35-58(48)77-60-24-12-7-19-51(60)54-34-37-63-66(67(54)77)55-22-9-13-25-61(55)76(63)50-33-38-65-57(41-50)53-21-10-14-26-64(53)78-65/h1-41H. The summed E-state index contributed by atoms with van der Waals surface area (Å²) < 4.78 is 9.55. The highest BCUT2D eigenvalue weighted by Crippen LogP contribution is 2.44. The van der Waals surface area contributed by atoms with Crippen molar-refractivity contribution in [3.63, 3.8) is 0 Å². The van der Waals surface area contributed by atoms with Crippen molar-refractivity contribution >= 4 is 96.9 Å². The van der Waals surface area contributed by atoms with E-state index >= 15 is 0 Å². The first-order valence-electron chi connectivity index (χ1n) is 26.1. The zero-order chi connectivity index (χ0) is 51.4. The summed E-state index contributed by atoms with van der Waals surface area (Å²) in [5, 5.41) is 20.6. The molecule has 0 N–H and O–H groups in total. The Morgan fingerprint density at radius 1 is 0.321 bits per heavy atom. The molecule has 0 unspecified atom stereocenters. The number of fused-ring (bicyclic) bond motifs is 13. The normalized spacial score (nSPS) is 11.8. The first-order chi connectivity index (χ1) is 38.6. The van der Waals surface area contributed by atoms with Crippen LogP contribution in [0.1, 0.15) is 5.56 Å². The second-order valence-electron chi connectivity index (χ2n) is 19.9. The molecule has 0 bridgehead atoms. The van der Waals surface area contributed by atoms with Crippen LogP contribution in [0, 0.1) is 11.3 Å². The van der Waals surface area contributed by atoms with Crippen molar-refractivity contribution in [1.82, 2.24) is 28.7 Å². The SMILES string of the molecule is N#Cc1cc(-c2nc(-c3ccc(-c4ccccc4)cc3)nc(-c3ccc4c(c3)c3ccccc3n4-c3ccccc3)n2)ccc1-n1c2ccccc2c2ccc3c(c4ccccc4n3-c3ccc4sc5ccccc5c4c3)c21. The van der Waals surface area contributed by atoms with Gasteiger partial charge in [0.1, 0.15) is 6.07 Å². The van der Waals surface area contributed by atoms with Crippen LogP contribution >= 0.6 is 11.3 Å². The van der Waals surface area contributed by atoms with Crippen molar-refractivity contribution < 1.29 is 0 Å².